The Morgan fingerprint density at radius 3 is 2.48 bits per heavy atom. The zero-order chi connectivity index (χ0) is 23.3. The number of fused-ring (bicyclic) bond motifs is 2. The Balaban J connectivity index is 1.78. The van der Waals surface area contributed by atoms with Gasteiger partial charge in [-0.2, -0.15) is 0 Å². The lowest BCUT2D eigenvalue weighted by Crippen LogP contribution is -2.29. The van der Waals surface area contributed by atoms with E-state index < -0.39 is 23.2 Å². The molecule has 1 amide bonds. The number of hydrogen-bond donors (Lipinski definition) is 0. The SMILES string of the molecule is COc1cccc(C2c3c(oc4ccc(F)cc4c3=O)C(=O)N2c2ccc(C(C)=O)cc2)c1. The van der Waals surface area contributed by atoms with Gasteiger partial charge >= 0.3 is 0 Å². The predicted molar refractivity (Wildman–Crippen MR) is 121 cm³/mol. The maximum Gasteiger partial charge on any atom is 0.295 e. The van der Waals surface area contributed by atoms with E-state index in [1.54, 1.807) is 48.5 Å². The first-order valence-corrected chi connectivity index (χ1v) is 10.2. The van der Waals surface area contributed by atoms with Crippen molar-refractivity contribution in [1.82, 2.24) is 0 Å². The normalized spacial score (nSPS) is 15.1. The van der Waals surface area contributed by atoms with Crippen LogP contribution in [0, 0.1) is 5.82 Å². The fourth-order valence-corrected chi connectivity index (χ4v) is 4.20. The molecule has 0 saturated heterocycles. The van der Waals surface area contributed by atoms with Crippen LogP contribution in [0.1, 0.15) is 45.0 Å². The van der Waals surface area contributed by atoms with Crippen molar-refractivity contribution in [1.29, 1.82) is 0 Å². The summed E-state index contributed by atoms with van der Waals surface area (Å²) in [5.41, 5.74) is 1.39. The fraction of sp³-hybridized carbons (Fsp3) is 0.115. The monoisotopic (exact) mass is 443 g/mol. The van der Waals surface area contributed by atoms with Crippen LogP contribution >= 0.6 is 0 Å². The zero-order valence-corrected chi connectivity index (χ0v) is 17.8. The third-order valence-electron chi connectivity index (χ3n) is 5.79. The minimum absolute atomic E-state index is 0.0585. The number of carbonyl (C=O) groups is 2. The molecule has 0 spiro atoms. The highest BCUT2D eigenvalue weighted by Gasteiger charge is 2.43. The van der Waals surface area contributed by atoms with Crippen molar-refractivity contribution >= 4 is 28.3 Å². The van der Waals surface area contributed by atoms with E-state index in [1.807, 2.05) is 0 Å². The van der Waals surface area contributed by atoms with Gasteiger partial charge in [-0.15, -0.1) is 0 Å². The summed E-state index contributed by atoms with van der Waals surface area (Å²) in [6.45, 7) is 1.46. The molecule has 3 aromatic carbocycles. The molecule has 6 nitrogen and oxygen atoms in total. The third kappa shape index (κ3) is 3.29. The second kappa shape index (κ2) is 7.70. The average Bonchev–Trinajstić information content (AvgIpc) is 3.12. The number of ketones is 1. The third-order valence-corrected chi connectivity index (χ3v) is 5.79. The number of Topliss-reactive ketones (excluding diaryl/α,β-unsaturated/α-hetero) is 1. The first-order valence-electron chi connectivity index (χ1n) is 10.2. The summed E-state index contributed by atoms with van der Waals surface area (Å²) in [6.07, 6.45) is 0. The molecule has 0 aliphatic carbocycles. The molecule has 0 fully saturated rings. The van der Waals surface area contributed by atoms with E-state index in [0.29, 0.717) is 22.6 Å². The minimum Gasteiger partial charge on any atom is -0.497 e. The van der Waals surface area contributed by atoms with E-state index >= 15 is 0 Å². The summed E-state index contributed by atoms with van der Waals surface area (Å²) in [6, 6.07) is 16.4. The predicted octanol–water partition coefficient (Wildman–Crippen LogP) is 4.89. The van der Waals surface area contributed by atoms with E-state index in [9.17, 15) is 18.8 Å². The molecule has 0 N–H and O–H groups in total. The van der Waals surface area contributed by atoms with Crippen LogP contribution in [0.15, 0.2) is 75.9 Å². The molecule has 1 aliphatic heterocycles. The summed E-state index contributed by atoms with van der Waals surface area (Å²) in [5.74, 6) is -0.725. The van der Waals surface area contributed by atoms with Crippen molar-refractivity contribution in [3.8, 4) is 5.75 Å². The van der Waals surface area contributed by atoms with Gasteiger partial charge in [0.1, 0.15) is 17.1 Å². The van der Waals surface area contributed by atoms with Crippen LogP contribution in [0.3, 0.4) is 0 Å². The Morgan fingerprint density at radius 1 is 1.03 bits per heavy atom. The molecule has 164 valence electrons. The van der Waals surface area contributed by atoms with E-state index in [0.717, 1.165) is 6.07 Å². The standard InChI is InChI=1S/C26H18FNO5/c1-14(29)15-6-9-18(10-7-15)28-23(16-4-3-5-19(12-16)32-2)22-24(30)20-13-17(27)8-11-21(20)33-25(22)26(28)31/h3-13,23H,1-2H3. The number of halogens is 1. The van der Waals surface area contributed by atoms with E-state index in [-0.39, 0.29) is 28.1 Å². The van der Waals surface area contributed by atoms with Gasteiger partial charge < -0.3 is 9.15 Å². The fourth-order valence-electron chi connectivity index (χ4n) is 4.20. The quantitative estimate of drug-likeness (QED) is 0.420. The molecule has 0 saturated carbocycles. The molecule has 0 radical (unpaired) electrons. The van der Waals surface area contributed by atoms with Crippen LogP contribution in [0.2, 0.25) is 0 Å². The number of benzene rings is 3. The van der Waals surface area contributed by atoms with Crippen LogP contribution in [0.4, 0.5) is 10.1 Å². The number of anilines is 1. The van der Waals surface area contributed by atoms with Crippen molar-refractivity contribution < 1.29 is 23.1 Å². The number of amides is 1. The van der Waals surface area contributed by atoms with Crippen LogP contribution in [0.25, 0.3) is 11.0 Å². The van der Waals surface area contributed by atoms with Gasteiger partial charge in [-0.3, -0.25) is 19.3 Å². The van der Waals surface area contributed by atoms with Crippen molar-refractivity contribution in [2.24, 2.45) is 0 Å². The summed E-state index contributed by atoms with van der Waals surface area (Å²) >= 11 is 0. The van der Waals surface area contributed by atoms with Crippen molar-refractivity contribution in [2.75, 3.05) is 12.0 Å². The number of nitrogens with zero attached hydrogens (tertiary/aromatic N) is 1. The van der Waals surface area contributed by atoms with Gasteiger partial charge in [0.2, 0.25) is 5.76 Å². The molecule has 5 rings (SSSR count). The van der Waals surface area contributed by atoms with Gasteiger partial charge in [0.25, 0.3) is 5.91 Å². The van der Waals surface area contributed by atoms with Gasteiger partial charge in [0.05, 0.1) is 24.1 Å². The van der Waals surface area contributed by atoms with Crippen molar-refractivity contribution in [2.45, 2.75) is 13.0 Å². The zero-order valence-electron chi connectivity index (χ0n) is 17.8. The van der Waals surface area contributed by atoms with Gasteiger partial charge in [-0.1, -0.05) is 12.1 Å². The largest absolute Gasteiger partial charge is 0.497 e. The highest BCUT2D eigenvalue weighted by atomic mass is 19.1. The molecule has 7 heteroatoms. The first kappa shape index (κ1) is 20.6. The average molecular weight is 443 g/mol. The number of rotatable bonds is 4. The lowest BCUT2D eigenvalue weighted by Gasteiger charge is -2.25. The number of hydrogen-bond acceptors (Lipinski definition) is 5. The number of methoxy groups -OCH3 is 1. The Labute approximate surface area is 187 Å². The Hall–Kier alpha value is -4.26. The van der Waals surface area contributed by atoms with Gasteiger partial charge in [0.15, 0.2) is 11.2 Å². The number of carbonyl (C=O) groups excluding carboxylic acids is 2. The molecule has 33 heavy (non-hydrogen) atoms. The second-order valence-electron chi connectivity index (χ2n) is 7.77. The lowest BCUT2D eigenvalue weighted by atomic mass is 9.98. The van der Waals surface area contributed by atoms with Crippen LogP contribution in [-0.4, -0.2) is 18.8 Å². The number of ether oxygens (including phenoxy) is 1. The first-order chi connectivity index (χ1) is 15.9. The van der Waals surface area contributed by atoms with E-state index in [1.165, 1.54) is 31.1 Å². The Morgan fingerprint density at radius 2 is 1.79 bits per heavy atom. The van der Waals surface area contributed by atoms with Crippen LogP contribution in [-0.2, 0) is 0 Å². The van der Waals surface area contributed by atoms with Gasteiger partial charge in [-0.25, -0.2) is 4.39 Å². The summed E-state index contributed by atoms with van der Waals surface area (Å²) in [4.78, 5) is 40.2. The van der Waals surface area contributed by atoms with E-state index in [4.69, 9.17) is 9.15 Å². The summed E-state index contributed by atoms with van der Waals surface area (Å²) in [7, 11) is 1.52. The van der Waals surface area contributed by atoms with Gasteiger partial charge in [-0.05, 0) is 67.1 Å². The van der Waals surface area contributed by atoms with E-state index in [2.05, 4.69) is 0 Å². The lowest BCUT2D eigenvalue weighted by molar-refractivity contribution is 0.0970. The second-order valence-corrected chi connectivity index (χ2v) is 7.77. The molecule has 2 heterocycles. The van der Waals surface area contributed by atoms with Crippen LogP contribution in [0.5, 0.6) is 5.75 Å². The maximum atomic E-state index is 13.9. The molecular weight excluding hydrogens is 425 g/mol. The minimum atomic E-state index is -0.824. The molecular formula is C26H18FNO5. The molecule has 1 atom stereocenters. The Kier molecular flexibility index (Phi) is 4.82. The smallest absolute Gasteiger partial charge is 0.295 e. The molecule has 1 aliphatic rings. The Bertz CT molecular complexity index is 1490. The molecule has 4 aromatic rings. The maximum absolute atomic E-state index is 13.9. The summed E-state index contributed by atoms with van der Waals surface area (Å²) < 4.78 is 25.1. The van der Waals surface area contributed by atoms with Crippen molar-refractivity contribution in [3.63, 3.8) is 0 Å². The van der Waals surface area contributed by atoms with Crippen LogP contribution < -0.4 is 15.1 Å². The van der Waals surface area contributed by atoms with Crippen molar-refractivity contribution in [3.05, 3.63) is 105 Å². The highest BCUT2D eigenvalue weighted by Crippen LogP contribution is 2.42. The van der Waals surface area contributed by atoms with Gasteiger partial charge in [0, 0.05) is 11.3 Å². The highest BCUT2D eigenvalue weighted by molar-refractivity contribution is 6.11. The summed E-state index contributed by atoms with van der Waals surface area (Å²) in [5, 5.41) is 0.0585. The molecule has 1 unspecified atom stereocenters. The molecule has 0 bridgehead atoms. The topological polar surface area (TPSA) is 76.8 Å². The molecule has 1 aromatic heterocycles.